The molecule has 0 aromatic carbocycles. The highest BCUT2D eigenvalue weighted by Gasteiger charge is 2.53. The molecule has 0 saturated carbocycles. The van der Waals surface area contributed by atoms with Crippen LogP contribution in [-0.4, -0.2) is 47.3 Å². The van der Waals surface area contributed by atoms with E-state index in [1.165, 1.54) is 6.07 Å². The molecule has 0 aliphatic carbocycles. The van der Waals surface area contributed by atoms with Crippen LogP contribution in [0.3, 0.4) is 0 Å². The summed E-state index contributed by atoms with van der Waals surface area (Å²) in [5, 5.41) is 1.74. The van der Waals surface area contributed by atoms with Crippen molar-refractivity contribution < 1.29 is 17.6 Å². The van der Waals surface area contributed by atoms with Gasteiger partial charge in [0.1, 0.15) is 29.2 Å². The first-order chi connectivity index (χ1) is 15.0. The minimum atomic E-state index is -4.39. The van der Waals surface area contributed by atoms with Gasteiger partial charge in [-0.3, -0.25) is 0 Å². The summed E-state index contributed by atoms with van der Waals surface area (Å²) < 4.78 is 55.4. The summed E-state index contributed by atoms with van der Waals surface area (Å²) in [5.74, 6) is 0.378. The van der Waals surface area contributed by atoms with Gasteiger partial charge < -0.3 is 16.1 Å². The maximum atomic E-state index is 14.8. The van der Waals surface area contributed by atoms with Crippen LogP contribution < -0.4 is 16.1 Å². The largest absolute Gasteiger partial charge is 0.395 e. The minimum absolute atomic E-state index is 0.242. The number of nitrogens with two attached hydrogens (primary N) is 1. The maximum absolute atomic E-state index is 14.8. The lowest BCUT2D eigenvalue weighted by molar-refractivity contribution is -0.222. The number of hydrogen-bond donors (Lipinski definition) is 2. The van der Waals surface area contributed by atoms with E-state index in [-0.39, 0.29) is 11.6 Å². The molecule has 1 saturated heterocycles. The second-order valence-electron chi connectivity index (χ2n) is 9.20. The van der Waals surface area contributed by atoms with Crippen molar-refractivity contribution in [2.75, 3.05) is 30.5 Å². The average molecular weight is 453 g/mol. The Hall–Kier alpha value is -2.46. The molecule has 2 aromatic rings. The third-order valence-electron chi connectivity index (χ3n) is 6.77. The normalized spacial score (nSPS) is 23.1. The number of nitrogens with zero attached hydrogens (tertiary/aromatic N) is 4. The van der Waals surface area contributed by atoms with Gasteiger partial charge in [0.05, 0.1) is 5.41 Å². The SMILES string of the molecule is CN1Nc2ncccc2C1c1nc(N2CCCC(C(N)C(C)(C)C(F)(F)F)C2)ccc1F. The number of alkyl halides is 3. The number of fused-ring (bicyclic) bond motifs is 1. The van der Waals surface area contributed by atoms with Crippen molar-refractivity contribution in [3.8, 4) is 0 Å². The van der Waals surface area contributed by atoms with Gasteiger partial charge in [0.25, 0.3) is 0 Å². The van der Waals surface area contributed by atoms with Crippen LogP contribution in [0.5, 0.6) is 0 Å². The average Bonchev–Trinajstić information content (AvgIpc) is 3.08. The Morgan fingerprint density at radius 1 is 1.22 bits per heavy atom. The molecule has 3 atom stereocenters. The molecule has 0 amide bonds. The highest BCUT2D eigenvalue weighted by atomic mass is 19.4. The van der Waals surface area contributed by atoms with E-state index in [1.54, 1.807) is 30.4 Å². The zero-order valence-electron chi connectivity index (χ0n) is 18.3. The zero-order chi connectivity index (χ0) is 23.3. The van der Waals surface area contributed by atoms with Crippen LogP contribution in [0.1, 0.15) is 44.0 Å². The van der Waals surface area contributed by atoms with E-state index in [9.17, 15) is 17.6 Å². The van der Waals surface area contributed by atoms with E-state index in [4.69, 9.17) is 5.73 Å². The Kier molecular flexibility index (Phi) is 5.79. The number of rotatable bonds is 4. The Bertz CT molecular complexity index is 979. The first-order valence-electron chi connectivity index (χ1n) is 10.7. The van der Waals surface area contributed by atoms with Crippen molar-refractivity contribution in [2.24, 2.45) is 17.1 Å². The van der Waals surface area contributed by atoms with Gasteiger partial charge in [-0.1, -0.05) is 6.07 Å². The molecular formula is C22H28F4N6. The van der Waals surface area contributed by atoms with E-state index in [0.29, 0.717) is 37.6 Å². The van der Waals surface area contributed by atoms with Crippen molar-refractivity contribution in [3.05, 3.63) is 47.5 Å². The molecule has 10 heteroatoms. The standard InChI is InChI=1S/C22H28F4N6/c1-21(2,22(24,25)26)19(27)13-6-5-11-32(12-13)16-9-8-15(23)17(29-16)18-14-7-4-10-28-20(14)30-31(18)3/h4,7-10,13,18-19H,5-6,11-12,27H2,1-3H3,(H,28,30). The molecule has 1 fully saturated rings. The number of anilines is 2. The van der Waals surface area contributed by atoms with E-state index in [2.05, 4.69) is 15.4 Å². The number of hydrazine groups is 1. The maximum Gasteiger partial charge on any atom is 0.395 e. The minimum Gasteiger partial charge on any atom is -0.356 e. The summed E-state index contributed by atoms with van der Waals surface area (Å²) in [4.78, 5) is 10.8. The van der Waals surface area contributed by atoms with E-state index in [1.807, 2.05) is 11.0 Å². The van der Waals surface area contributed by atoms with E-state index in [0.717, 1.165) is 19.4 Å². The van der Waals surface area contributed by atoms with Gasteiger partial charge in [0, 0.05) is 37.9 Å². The lowest BCUT2D eigenvalue weighted by Gasteiger charge is -2.43. The topological polar surface area (TPSA) is 70.3 Å². The summed E-state index contributed by atoms with van der Waals surface area (Å²) in [6, 6.07) is 5.08. The number of piperidine rings is 1. The molecule has 32 heavy (non-hydrogen) atoms. The lowest BCUT2D eigenvalue weighted by Crippen LogP contribution is -2.55. The van der Waals surface area contributed by atoms with Crippen molar-refractivity contribution in [1.29, 1.82) is 0 Å². The summed E-state index contributed by atoms with van der Waals surface area (Å²) in [6.45, 7) is 3.28. The van der Waals surface area contributed by atoms with Gasteiger partial charge in [0.15, 0.2) is 0 Å². The van der Waals surface area contributed by atoms with Crippen LogP contribution >= 0.6 is 0 Å². The molecule has 2 aliphatic rings. The predicted molar refractivity (Wildman–Crippen MR) is 114 cm³/mol. The number of aromatic nitrogens is 2. The van der Waals surface area contributed by atoms with Crippen LogP contribution in [0.4, 0.5) is 29.2 Å². The molecule has 6 nitrogen and oxygen atoms in total. The van der Waals surface area contributed by atoms with Crippen LogP contribution in [-0.2, 0) is 0 Å². The Morgan fingerprint density at radius 2 is 1.97 bits per heavy atom. The molecule has 0 radical (unpaired) electrons. The van der Waals surface area contributed by atoms with Gasteiger partial charge >= 0.3 is 6.18 Å². The Balaban J connectivity index is 1.60. The molecule has 4 heterocycles. The Labute approximate surface area is 184 Å². The highest BCUT2D eigenvalue weighted by molar-refractivity contribution is 5.53. The van der Waals surface area contributed by atoms with Crippen LogP contribution in [0.15, 0.2) is 30.5 Å². The fourth-order valence-electron chi connectivity index (χ4n) is 4.61. The summed E-state index contributed by atoms with van der Waals surface area (Å²) >= 11 is 0. The molecule has 0 bridgehead atoms. The van der Waals surface area contributed by atoms with Crippen molar-refractivity contribution >= 4 is 11.6 Å². The smallest absolute Gasteiger partial charge is 0.356 e. The molecule has 4 rings (SSSR count). The van der Waals surface area contributed by atoms with E-state index >= 15 is 0 Å². The van der Waals surface area contributed by atoms with Gasteiger partial charge in [-0.25, -0.2) is 19.4 Å². The lowest BCUT2D eigenvalue weighted by atomic mass is 9.74. The predicted octanol–water partition coefficient (Wildman–Crippen LogP) is 4.11. The summed E-state index contributed by atoms with van der Waals surface area (Å²) in [5.41, 5.74) is 8.28. The van der Waals surface area contributed by atoms with Gasteiger partial charge in [0.2, 0.25) is 0 Å². The third-order valence-corrected chi connectivity index (χ3v) is 6.77. The number of nitrogens with one attached hydrogen (secondary N) is 1. The fourth-order valence-corrected chi connectivity index (χ4v) is 4.61. The van der Waals surface area contributed by atoms with Crippen molar-refractivity contribution in [2.45, 2.75) is 44.9 Å². The molecule has 2 aliphatic heterocycles. The van der Waals surface area contributed by atoms with Crippen LogP contribution in [0, 0.1) is 17.2 Å². The summed E-state index contributed by atoms with van der Waals surface area (Å²) in [7, 11) is 1.79. The van der Waals surface area contributed by atoms with Gasteiger partial charge in [-0.15, -0.1) is 0 Å². The molecule has 3 N–H and O–H groups in total. The van der Waals surface area contributed by atoms with Crippen LogP contribution in [0.2, 0.25) is 0 Å². The molecular weight excluding hydrogens is 424 g/mol. The monoisotopic (exact) mass is 452 g/mol. The quantitative estimate of drug-likeness (QED) is 0.681. The second-order valence-corrected chi connectivity index (χ2v) is 9.20. The molecule has 3 unspecified atom stereocenters. The highest BCUT2D eigenvalue weighted by Crippen LogP contribution is 2.43. The number of hydrogen-bond acceptors (Lipinski definition) is 6. The first-order valence-corrected chi connectivity index (χ1v) is 10.7. The number of halogens is 4. The van der Waals surface area contributed by atoms with Gasteiger partial charge in [-0.05, 0) is 50.8 Å². The number of pyridine rings is 2. The summed E-state index contributed by atoms with van der Waals surface area (Å²) in [6.07, 6.45) is -1.43. The van der Waals surface area contributed by atoms with Crippen molar-refractivity contribution in [1.82, 2.24) is 15.0 Å². The molecule has 174 valence electrons. The molecule has 0 spiro atoms. The van der Waals surface area contributed by atoms with Crippen LogP contribution in [0.25, 0.3) is 0 Å². The van der Waals surface area contributed by atoms with E-state index < -0.39 is 29.5 Å². The first kappa shape index (κ1) is 22.7. The fraction of sp³-hybridized carbons (Fsp3) is 0.545. The molecule has 2 aromatic heterocycles. The van der Waals surface area contributed by atoms with Crippen molar-refractivity contribution in [3.63, 3.8) is 0 Å². The Morgan fingerprint density at radius 3 is 2.69 bits per heavy atom. The zero-order valence-corrected chi connectivity index (χ0v) is 18.3. The van der Waals surface area contributed by atoms with Gasteiger partial charge in [-0.2, -0.15) is 13.2 Å². The third kappa shape index (κ3) is 3.90. The second kappa shape index (κ2) is 8.15.